The summed E-state index contributed by atoms with van der Waals surface area (Å²) >= 11 is 10.6. The molecule has 0 fully saturated rings. The lowest BCUT2D eigenvalue weighted by Crippen LogP contribution is -2.24. The molecule has 0 atom stereocenters. The first kappa shape index (κ1) is 18.6. The van der Waals surface area contributed by atoms with Gasteiger partial charge in [0.15, 0.2) is 5.11 Å². The molecule has 2 rings (SSSR count). The quantitative estimate of drug-likeness (QED) is 0.296. The number of nitro groups is 1. The smallest absolute Gasteiger partial charge is 0.270 e. The number of nitrogens with one attached hydrogen (secondary N) is 2. The molecular formula is C16H16ClN5O2S. The highest BCUT2D eigenvalue weighted by molar-refractivity contribution is 7.80. The van der Waals surface area contributed by atoms with Crippen molar-refractivity contribution >= 4 is 46.5 Å². The second kappa shape index (κ2) is 8.95. The number of nitrogens with zero attached hydrogens (tertiary/aromatic N) is 2. The fourth-order valence-electron chi connectivity index (χ4n) is 2.13. The number of rotatable bonds is 7. The lowest BCUT2D eigenvalue weighted by Gasteiger charge is -2.10. The highest BCUT2D eigenvalue weighted by Gasteiger charge is 2.09. The number of hydrazone groups is 1. The van der Waals surface area contributed by atoms with Gasteiger partial charge in [0, 0.05) is 35.0 Å². The van der Waals surface area contributed by atoms with Crippen LogP contribution in [0.2, 0.25) is 5.02 Å². The summed E-state index contributed by atoms with van der Waals surface area (Å²) in [7, 11) is 0. The maximum atomic E-state index is 10.9. The minimum Gasteiger partial charge on any atom is -0.384 e. The van der Waals surface area contributed by atoms with E-state index in [-0.39, 0.29) is 10.8 Å². The van der Waals surface area contributed by atoms with E-state index in [0.29, 0.717) is 22.8 Å². The van der Waals surface area contributed by atoms with E-state index < -0.39 is 4.92 Å². The zero-order valence-corrected chi connectivity index (χ0v) is 14.7. The highest BCUT2D eigenvalue weighted by atomic mass is 35.5. The molecule has 0 aliphatic rings. The van der Waals surface area contributed by atoms with Gasteiger partial charge in [-0.25, -0.2) is 0 Å². The molecule has 25 heavy (non-hydrogen) atoms. The van der Waals surface area contributed by atoms with Crippen molar-refractivity contribution in [2.24, 2.45) is 10.8 Å². The molecular weight excluding hydrogens is 362 g/mol. The van der Waals surface area contributed by atoms with Crippen LogP contribution in [0.25, 0.3) is 0 Å². The summed E-state index contributed by atoms with van der Waals surface area (Å²) in [4.78, 5) is 10.5. The normalized spacial score (nSPS) is 10.6. The Morgan fingerprint density at radius 1 is 1.36 bits per heavy atom. The van der Waals surface area contributed by atoms with Crippen molar-refractivity contribution < 1.29 is 4.92 Å². The Morgan fingerprint density at radius 3 is 2.84 bits per heavy atom. The molecule has 0 heterocycles. The molecule has 9 heteroatoms. The second-order valence-corrected chi connectivity index (χ2v) is 5.95. The third-order valence-corrected chi connectivity index (χ3v) is 3.57. The summed E-state index contributed by atoms with van der Waals surface area (Å²) < 4.78 is 0. The standard InChI is InChI=1S/C16H16ClN5O2S/c17-13-3-1-2-11(8-13)6-7-19-15-5-4-14(22(23)24)9-12(15)10-20-21-16(18)25/h1-5,8-10,19H,6-7H2,(H3,18,21,25). The number of hydrogen-bond acceptors (Lipinski definition) is 5. The van der Waals surface area contributed by atoms with Gasteiger partial charge in [-0.3, -0.25) is 15.5 Å². The van der Waals surface area contributed by atoms with Crippen LogP contribution in [0.15, 0.2) is 47.6 Å². The maximum Gasteiger partial charge on any atom is 0.270 e. The lowest BCUT2D eigenvalue weighted by atomic mass is 10.1. The molecule has 7 nitrogen and oxygen atoms in total. The highest BCUT2D eigenvalue weighted by Crippen LogP contribution is 2.21. The first-order valence-corrected chi connectivity index (χ1v) is 8.09. The van der Waals surface area contributed by atoms with Crippen molar-refractivity contribution in [3.05, 3.63) is 68.7 Å². The lowest BCUT2D eigenvalue weighted by molar-refractivity contribution is -0.384. The van der Waals surface area contributed by atoms with E-state index in [1.165, 1.54) is 18.3 Å². The first-order valence-electron chi connectivity index (χ1n) is 7.31. The van der Waals surface area contributed by atoms with Crippen LogP contribution in [0, 0.1) is 10.1 Å². The molecule has 0 amide bonds. The number of nitrogens with two attached hydrogens (primary N) is 1. The molecule has 2 aromatic carbocycles. The molecule has 2 aromatic rings. The summed E-state index contributed by atoms with van der Waals surface area (Å²) in [6.07, 6.45) is 2.17. The average Bonchev–Trinajstić information content (AvgIpc) is 2.55. The summed E-state index contributed by atoms with van der Waals surface area (Å²) in [6.45, 7) is 0.627. The zero-order chi connectivity index (χ0) is 18.2. The van der Waals surface area contributed by atoms with Crippen LogP contribution in [0.1, 0.15) is 11.1 Å². The number of anilines is 1. The van der Waals surface area contributed by atoms with E-state index in [9.17, 15) is 10.1 Å². The Morgan fingerprint density at radius 2 is 2.16 bits per heavy atom. The summed E-state index contributed by atoms with van der Waals surface area (Å²) in [5.41, 5.74) is 10.0. The minimum absolute atomic E-state index is 0.0112. The van der Waals surface area contributed by atoms with Crippen LogP contribution < -0.4 is 16.5 Å². The molecule has 0 saturated carbocycles. The number of halogens is 1. The van der Waals surface area contributed by atoms with Gasteiger partial charge >= 0.3 is 0 Å². The van der Waals surface area contributed by atoms with Crippen LogP contribution in [-0.2, 0) is 6.42 Å². The van der Waals surface area contributed by atoms with Crippen molar-refractivity contribution in [1.29, 1.82) is 0 Å². The van der Waals surface area contributed by atoms with Crippen molar-refractivity contribution in [3.8, 4) is 0 Å². The molecule has 0 bridgehead atoms. The largest absolute Gasteiger partial charge is 0.384 e. The van der Waals surface area contributed by atoms with Crippen molar-refractivity contribution in [1.82, 2.24) is 5.43 Å². The van der Waals surface area contributed by atoms with Crippen LogP contribution in [0.4, 0.5) is 11.4 Å². The predicted molar refractivity (Wildman–Crippen MR) is 104 cm³/mol. The number of benzene rings is 2. The Hall–Kier alpha value is -2.71. The van der Waals surface area contributed by atoms with Crippen molar-refractivity contribution in [2.75, 3.05) is 11.9 Å². The second-order valence-electron chi connectivity index (χ2n) is 5.07. The van der Waals surface area contributed by atoms with E-state index in [0.717, 1.165) is 12.0 Å². The topological polar surface area (TPSA) is 106 Å². The molecule has 4 N–H and O–H groups in total. The summed E-state index contributed by atoms with van der Waals surface area (Å²) in [5, 5.41) is 18.7. The fraction of sp³-hybridized carbons (Fsp3) is 0.125. The molecule has 0 aliphatic heterocycles. The van der Waals surface area contributed by atoms with Crippen molar-refractivity contribution in [3.63, 3.8) is 0 Å². The third-order valence-electron chi connectivity index (χ3n) is 3.24. The van der Waals surface area contributed by atoms with E-state index in [1.54, 1.807) is 6.07 Å². The molecule has 130 valence electrons. The van der Waals surface area contributed by atoms with Gasteiger partial charge in [0.25, 0.3) is 5.69 Å². The number of hydrogen-bond donors (Lipinski definition) is 3. The van der Waals surface area contributed by atoms with E-state index >= 15 is 0 Å². The van der Waals surface area contributed by atoms with E-state index in [1.807, 2.05) is 24.3 Å². The van der Waals surface area contributed by atoms with Crippen LogP contribution in [-0.4, -0.2) is 22.8 Å². The van der Waals surface area contributed by atoms with Gasteiger partial charge < -0.3 is 11.1 Å². The van der Waals surface area contributed by atoms with E-state index in [4.69, 9.17) is 17.3 Å². The zero-order valence-electron chi connectivity index (χ0n) is 13.1. The maximum absolute atomic E-state index is 10.9. The average molecular weight is 378 g/mol. The summed E-state index contributed by atoms with van der Waals surface area (Å²) in [6, 6.07) is 12.1. The molecule has 0 aromatic heterocycles. The number of non-ortho nitro benzene ring substituents is 1. The minimum atomic E-state index is -0.464. The van der Waals surface area contributed by atoms with Gasteiger partial charge in [-0.15, -0.1) is 0 Å². The van der Waals surface area contributed by atoms with Crippen molar-refractivity contribution in [2.45, 2.75) is 6.42 Å². The van der Waals surface area contributed by atoms with Crippen LogP contribution in [0.3, 0.4) is 0 Å². The van der Waals surface area contributed by atoms with Gasteiger partial charge in [0.05, 0.1) is 11.1 Å². The molecule has 0 radical (unpaired) electrons. The van der Waals surface area contributed by atoms with Crippen LogP contribution in [0.5, 0.6) is 0 Å². The fourth-order valence-corrected chi connectivity index (χ4v) is 2.40. The van der Waals surface area contributed by atoms with Gasteiger partial charge in [0.2, 0.25) is 0 Å². The van der Waals surface area contributed by atoms with Crippen LogP contribution >= 0.6 is 23.8 Å². The Kier molecular flexibility index (Phi) is 6.67. The molecule has 0 saturated heterocycles. The third kappa shape index (κ3) is 6.02. The number of thiocarbonyl (C=S) groups is 1. The molecule has 0 aliphatic carbocycles. The van der Waals surface area contributed by atoms with Gasteiger partial charge in [0.1, 0.15) is 0 Å². The summed E-state index contributed by atoms with van der Waals surface area (Å²) in [5.74, 6) is 0. The van der Waals surface area contributed by atoms with Gasteiger partial charge in [-0.2, -0.15) is 5.10 Å². The van der Waals surface area contributed by atoms with Gasteiger partial charge in [-0.05, 0) is 42.4 Å². The SMILES string of the molecule is NC(=S)NN=Cc1cc([N+](=O)[O-])ccc1NCCc1cccc(Cl)c1. The first-order chi connectivity index (χ1) is 12.0. The Labute approximate surface area is 155 Å². The Bertz CT molecular complexity index is 813. The monoisotopic (exact) mass is 377 g/mol. The Balaban J connectivity index is 2.10. The van der Waals surface area contributed by atoms with Gasteiger partial charge in [-0.1, -0.05) is 23.7 Å². The predicted octanol–water partition coefficient (Wildman–Crippen LogP) is 3.07. The molecule has 0 spiro atoms. The van der Waals surface area contributed by atoms with E-state index in [2.05, 4.69) is 28.1 Å². The molecule has 0 unspecified atom stereocenters. The number of nitro benzene ring substituents is 1.